The highest BCUT2D eigenvalue weighted by Gasteiger charge is 2.33. The summed E-state index contributed by atoms with van der Waals surface area (Å²) in [6, 6.07) is 16.8. The van der Waals surface area contributed by atoms with Crippen LogP contribution in [0, 0.1) is 0 Å². The average molecular weight is 417 g/mol. The molecule has 1 amide bonds. The third-order valence-electron chi connectivity index (χ3n) is 5.15. The molecule has 0 fully saturated rings. The molecule has 1 unspecified atom stereocenters. The van der Waals surface area contributed by atoms with Gasteiger partial charge in [-0.05, 0) is 36.4 Å². The van der Waals surface area contributed by atoms with Crippen LogP contribution in [0.3, 0.4) is 0 Å². The summed E-state index contributed by atoms with van der Waals surface area (Å²) in [6.07, 6.45) is -0.454. The first-order valence-corrected chi connectivity index (χ1v) is 9.62. The van der Waals surface area contributed by atoms with Crippen molar-refractivity contribution in [2.45, 2.75) is 19.4 Å². The van der Waals surface area contributed by atoms with Crippen LogP contribution in [0.5, 0.6) is 5.75 Å². The number of nitrogens with zero attached hydrogens (tertiary/aromatic N) is 1. The zero-order valence-electron chi connectivity index (χ0n) is 16.6. The largest absolute Gasteiger partial charge is 0.506 e. The first-order valence-electron chi connectivity index (χ1n) is 9.62. The minimum absolute atomic E-state index is 0.0338. The molecule has 0 radical (unpaired) electrons. The highest BCUT2D eigenvalue weighted by molar-refractivity contribution is 6.10. The van der Waals surface area contributed by atoms with Gasteiger partial charge in [0.2, 0.25) is 5.91 Å². The summed E-state index contributed by atoms with van der Waals surface area (Å²) in [5.74, 6) is -2.64. The lowest BCUT2D eigenvalue weighted by atomic mass is 10.00. The highest BCUT2D eigenvalue weighted by atomic mass is 16.4. The van der Waals surface area contributed by atoms with Crippen LogP contribution in [0.2, 0.25) is 0 Å². The normalized spacial score (nSPS) is 12.0. The van der Waals surface area contributed by atoms with E-state index in [2.05, 4.69) is 0 Å². The molecular formula is C24H19NO6. The fraction of sp³-hybridized carbons (Fsp3) is 0.125. The topological polar surface area (TPSA) is 108 Å². The first kappa shape index (κ1) is 20.2. The molecule has 1 atom stereocenters. The quantitative estimate of drug-likeness (QED) is 0.451. The predicted molar refractivity (Wildman–Crippen MR) is 115 cm³/mol. The van der Waals surface area contributed by atoms with Gasteiger partial charge >= 0.3 is 5.97 Å². The number of aromatic hydroxyl groups is 1. The summed E-state index contributed by atoms with van der Waals surface area (Å²) in [7, 11) is 0. The summed E-state index contributed by atoms with van der Waals surface area (Å²) >= 11 is 0. The maximum atomic E-state index is 13.0. The second kappa shape index (κ2) is 7.95. The maximum Gasteiger partial charge on any atom is 0.327 e. The number of carboxylic acid groups (broad SMARTS) is 1. The Bertz CT molecular complexity index is 1320. The number of hydrogen-bond acceptors (Lipinski definition) is 5. The molecule has 2 N–H and O–H groups in total. The number of anilines is 1. The van der Waals surface area contributed by atoms with Crippen LogP contribution in [0.1, 0.15) is 23.7 Å². The van der Waals surface area contributed by atoms with Crippen molar-refractivity contribution in [2.24, 2.45) is 0 Å². The third kappa shape index (κ3) is 3.73. The number of fused-ring (bicyclic) bond motifs is 3. The van der Waals surface area contributed by atoms with Crippen molar-refractivity contribution < 1.29 is 29.0 Å². The summed E-state index contributed by atoms with van der Waals surface area (Å²) < 4.78 is 5.76. The van der Waals surface area contributed by atoms with Gasteiger partial charge in [-0.2, -0.15) is 0 Å². The lowest BCUT2D eigenvalue weighted by Crippen LogP contribution is -2.45. The van der Waals surface area contributed by atoms with Crippen molar-refractivity contribution in [1.82, 2.24) is 0 Å². The van der Waals surface area contributed by atoms with Crippen LogP contribution in [0.25, 0.3) is 21.9 Å². The number of rotatable bonds is 6. The smallest absolute Gasteiger partial charge is 0.327 e. The van der Waals surface area contributed by atoms with Gasteiger partial charge in [-0.15, -0.1) is 0 Å². The van der Waals surface area contributed by atoms with Crippen LogP contribution in [0.15, 0.2) is 71.1 Å². The number of para-hydroxylation sites is 3. The van der Waals surface area contributed by atoms with E-state index in [0.717, 1.165) is 15.7 Å². The molecule has 0 spiro atoms. The summed E-state index contributed by atoms with van der Waals surface area (Å²) in [5.41, 5.74) is 1.65. The van der Waals surface area contributed by atoms with Gasteiger partial charge in [0.1, 0.15) is 23.0 Å². The minimum Gasteiger partial charge on any atom is -0.506 e. The number of phenolic OH excluding ortho intramolecular Hbond substituents is 1. The van der Waals surface area contributed by atoms with Gasteiger partial charge in [-0.25, -0.2) is 4.79 Å². The molecule has 3 aromatic carbocycles. The molecule has 0 saturated heterocycles. The number of aliphatic carboxylic acids is 1. The number of carboxylic acids is 1. The fourth-order valence-corrected chi connectivity index (χ4v) is 3.71. The Kier molecular flexibility index (Phi) is 5.17. The molecule has 4 rings (SSSR count). The zero-order chi connectivity index (χ0) is 22.1. The van der Waals surface area contributed by atoms with Crippen LogP contribution in [-0.2, 0) is 9.59 Å². The highest BCUT2D eigenvalue weighted by Crippen LogP contribution is 2.31. The monoisotopic (exact) mass is 417 g/mol. The number of amides is 1. The number of carbonyl (C=O) groups is 3. The maximum absolute atomic E-state index is 13.0. The molecule has 7 nitrogen and oxygen atoms in total. The van der Waals surface area contributed by atoms with Crippen LogP contribution in [-0.4, -0.2) is 33.9 Å². The van der Waals surface area contributed by atoms with Gasteiger partial charge in [0.15, 0.2) is 5.78 Å². The number of phenols is 1. The van der Waals surface area contributed by atoms with Crippen LogP contribution in [0.4, 0.5) is 5.69 Å². The molecule has 0 bridgehead atoms. The van der Waals surface area contributed by atoms with Crippen molar-refractivity contribution in [2.75, 3.05) is 4.90 Å². The van der Waals surface area contributed by atoms with Gasteiger partial charge in [0.05, 0.1) is 5.69 Å². The molecule has 0 aliphatic rings. The standard InChI is InChI=1S/C24H19NO6/c1-14(26)25(18-7-3-4-8-20(18)27)19(24(29)30)13-21(28)15-10-11-23-17(12-15)16-6-2-5-9-22(16)31-23/h2-12,19,27H,13H2,1H3,(H,29,30). The molecule has 7 heteroatoms. The summed E-state index contributed by atoms with van der Waals surface area (Å²) in [6.45, 7) is 1.19. The lowest BCUT2D eigenvalue weighted by Gasteiger charge is -2.28. The SMILES string of the molecule is CC(=O)N(c1ccccc1O)C(CC(=O)c1ccc2oc3ccccc3c2c1)C(=O)O. The molecule has 0 aliphatic heterocycles. The van der Waals surface area contributed by atoms with Gasteiger partial charge in [-0.3, -0.25) is 14.5 Å². The molecule has 0 aliphatic carbocycles. The Hall–Kier alpha value is -4.13. The van der Waals surface area contributed by atoms with E-state index in [0.29, 0.717) is 16.7 Å². The molecule has 1 aromatic heterocycles. The number of hydrogen-bond donors (Lipinski definition) is 2. The minimum atomic E-state index is -1.48. The Morgan fingerprint density at radius 2 is 1.61 bits per heavy atom. The van der Waals surface area contributed by atoms with Crippen molar-refractivity contribution in [1.29, 1.82) is 0 Å². The second-order valence-corrected chi connectivity index (χ2v) is 7.17. The molecule has 31 heavy (non-hydrogen) atoms. The van der Waals surface area contributed by atoms with E-state index >= 15 is 0 Å². The summed E-state index contributed by atoms with van der Waals surface area (Å²) in [4.78, 5) is 38.2. The Morgan fingerprint density at radius 3 is 2.32 bits per heavy atom. The number of carbonyl (C=O) groups excluding carboxylic acids is 2. The molecule has 1 heterocycles. The third-order valence-corrected chi connectivity index (χ3v) is 5.15. The van der Waals surface area contributed by atoms with Gasteiger partial charge in [0, 0.05) is 29.7 Å². The van der Waals surface area contributed by atoms with E-state index in [1.165, 1.54) is 19.1 Å². The fourth-order valence-electron chi connectivity index (χ4n) is 3.71. The van der Waals surface area contributed by atoms with E-state index in [4.69, 9.17) is 4.42 Å². The van der Waals surface area contributed by atoms with Gasteiger partial charge in [0.25, 0.3) is 0 Å². The van der Waals surface area contributed by atoms with Crippen molar-refractivity contribution in [3.63, 3.8) is 0 Å². The van der Waals surface area contributed by atoms with E-state index in [1.54, 1.807) is 30.3 Å². The molecule has 4 aromatic rings. The zero-order valence-corrected chi connectivity index (χ0v) is 16.6. The Labute approximate surface area is 177 Å². The average Bonchev–Trinajstić information content (AvgIpc) is 3.12. The van der Waals surface area contributed by atoms with Crippen molar-refractivity contribution >= 4 is 45.3 Å². The van der Waals surface area contributed by atoms with Crippen LogP contribution < -0.4 is 4.90 Å². The molecule has 0 saturated carbocycles. The first-order chi connectivity index (χ1) is 14.9. The van der Waals surface area contributed by atoms with Gasteiger partial charge in [-0.1, -0.05) is 30.3 Å². The van der Waals surface area contributed by atoms with E-state index < -0.39 is 30.1 Å². The van der Waals surface area contributed by atoms with E-state index in [9.17, 15) is 24.6 Å². The van der Waals surface area contributed by atoms with Crippen LogP contribution >= 0.6 is 0 Å². The predicted octanol–water partition coefficient (Wildman–Crippen LogP) is 4.37. The second-order valence-electron chi connectivity index (χ2n) is 7.17. The number of Topliss-reactive ketones (excluding diaryl/α,β-unsaturated/α-hetero) is 1. The number of ketones is 1. The molecule has 156 valence electrons. The van der Waals surface area contributed by atoms with Gasteiger partial charge < -0.3 is 14.6 Å². The number of benzene rings is 3. The van der Waals surface area contributed by atoms with Crippen molar-refractivity contribution in [3.8, 4) is 5.75 Å². The Morgan fingerprint density at radius 1 is 0.935 bits per heavy atom. The number of furan rings is 1. The summed E-state index contributed by atoms with van der Waals surface area (Å²) in [5, 5.41) is 21.5. The lowest BCUT2D eigenvalue weighted by molar-refractivity contribution is -0.140. The van der Waals surface area contributed by atoms with E-state index in [-0.39, 0.29) is 11.4 Å². The van der Waals surface area contributed by atoms with Crippen molar-refractivity contribution in [3.05, 3.63) is 72.3 Å². The van der Waals surface area contributed by atoms with E-state index in [1.807, 2.05) is 24.3 Å². The Balaban J connectivity index is 1.70. The molecular weight excluding hydrogens is 398 g/mol.